The Morgan fingerprint density at radius 1 is 0.913 bits per heavy atom. The molecule has 0 saturated carbocycles. The molecule has 0 radical (unpaired) electrons. The van der Waals surface area contributed by atoms with Crippen molar-refractivity contribution < 1.29 is 0 Å². The lowest BCUT2D eigenvalue weighted by Gasteiger charge is -2.08. The lowest BCUT2D eigenvalue weighted by atomic mass is 10.1. The smallest absolute Gasteiger partial charge is 0.225 e. The van der Waals surface area contributed by atoms with Crippen molar-refractivity contribution in [3.63, 3.8) is 0 Å². The maximum atomic E-state index is 5.61. The Morgan fingerprint density at radius 3 is 2.22 bits per heavy atom. The van der Waals surface area contributed by atoms with Crippen LogP contribution in [0.1, 0.15) is 17.1 Å². The van der Waals surface area contributed by atoms with Gasteiger partial charge >= 0.3 is 0 Å². The Balaban J connectivity index is 1.84. The molecule has 4 N–H and O–H groups in total. The molecule has 3 aromatic rings. The van der Waals surface area contributed by atoms with Crippen LogP contribution in [-0.2, 0) is 13.0 Å². The maximum absolute atomic E-state index is 5.61. The highest BCUT2D eigenvalue weighted by atomic mass is 15.1. The van der Waals surface area contributed by atoms with Crippen LogP contribution in [0.25, 0.3) is 11.4 Å². The summed E-state index contributed by atoms with van der Waals surface area (Å²) in [6, 6.07) is 8.31. The summed E-state index contributed by atoms with van der Waals surface area (Å²) < 4.78 is 2.09. The van der Waals surface area contributed by atoms with E-state index in [9.17, 15) is 0 Å². The summed E-state index contributed by atoms with van der Waals surface area (Å²) in [6.45, 7) is 4.73. The highest BCUT2D eigenvalue weighted by Crippen LogP contribution is 2.20. The summed E-state index contributed by atoms with van der Waals surface area (Å²) in [4.78, 5) is 16.6. The molecule has 0 aliphatic heterocycles. The number of aromatic nitrogens is 5. The number of hydrogen-bond acceptors (Lipinski definition) is 6. The Bertz CT molecular complexity index is 801. The van der Waals surface area contributed by atoms with Gasteiger partial charge in [0.15, 0.2) is 0 Å². The molecule has 0 atom stereocenters. The largest absolute Gasteiger partial charge is 0.368 e. The molecule has 7 nitrogen and oxygen atoms in total. The molecule has 0 fully saturated rings. The van der Waals surface area contributed by atoms with Crippen molar-refractivity contribution in [2.75, 3.05) is 11.5 Å². The van der Waals surface area contributed by atoms with Crippen LogP contribution in [0.15, 0.2) is 30.5 Å². The monoisotopic (exact) mass is 309 g/mol. The van der Waals surface area contributed by atoms with E-state index in [1.807, 2.05) is 13.1 Å². The van der Waals surface area contributed by atoms with Crippen molar-refractivity contribution in [2.24, 2.45) is 0 Å². The molecule has 2 aromatic heterocycles. The normalized spacial score (nSPS) is 10.9. The molecular formula is C16H19N7. The second-order valence-electron chi connectivity index (χ2n) is 5.48. The van der Waals surface area contributed by atoms with E-state index >= 15 is 0 Å². The predicted molar refractivity (Wildman–Crippen MR) is 89.5 cm³/mol. The molecule has 0 bridgehead atoms. The third kappa shape index (κ3) is 3.45. The molecule has 0 unspecified atom stereocenters. The Labute approximate surface area is 134 Å². The van der Waals surface area contributed by atoms with Gasteiger partial charge in [-0.1, -0.05) is 29.8 Å². The number of nitrogens with zero attached hydrogens (tertiary/aromatic N) is 5. The van der Waals surface area contributed by atoms with Crippen LogP contribution in [0.2, 0.25) is 0 Å². The minimum Gasteiger partial charge on any atom is -0.368 e. The molecule has 1 aromatic carbocycles. The molecule has 3 rings (SSSR count). The summed E-state index contributed by atoms with van der Waals surface area (Å²) >= 11 is 0. The first-order valence-electron chi connectivity index (χ1n) is 7.38. The first kappa shape index (κ1) is 15.0. The van der Waals surface area contributed by atoms with E-state index in [2.05, 4.69) is 55.7 Å². The molecule has 118 valence electrons. The first-order chi connectivity index (χ1) is 11.0. The zero-order valence-corrected chi connectivity index (χ0v) is 13.2. The standard InChI is InChI=1S/C16H19N7/c1-10-3-5-12(6-4-10)14-19-11(2)9-23(14)8-7-13-20-15(17)22-16(18)21-13/h3-6,9H,7-8H2,1-2H3,(H4,17,18,20,21,22). The minimum atomic E-state index is 0.146. The number of hydrogen-bond donors (Lipinski definition) is 2. The van der Waals surface area contributed by atoms with E-state index in [0.717, 1.165) is 17.1 Å². The molecule has 0 saturated heterocycles. The van der Waals surface area contributed by atoms with Gasteiger partial charge in [-0.25, -0.2) is 4.98 Å². The fraction of sp³-hybridized carbons (Fsp3) is 0.250. The number of imidazole rings is 1. The Morgan fingerprint density at radius 2 is 1.57 bits per heavy atom. The van der Waals surface area contributed by atoms with E-state index in [1.165, 1.54) is 5.56 Å². The van der Waals surface area contributed by atoms with Crippen LogP contribution in [0, 0.1) is 13.8 Å². The number of anilines is 2. The van der Waals surface area contributed by atoms with Crippen molar-refractivity contribution in [3.05, 3.63) is 47.5 Å². The highest BCUT2D eigenvalue weighted by molar-refractivity contribution is 5.56. The van der Waals surface area contributed by atoms with Gasteiger partial charge in [-0.05, 0) is 13.8 Å². The average molecular weight is 309 g/mol. The van der Waals surface area contributed by atoms with Crippen LogP contribution < -0.4 is 11.5 Å². The average Bonchev–Trinajstić information content (AvgIpc) is 2.86. The lowest BCUT2D eigenvalue weighted by molar-refractivity contribution is 0.675. The van der Waals surface area contributed by atoms with E-state index in [1.54, 1.807) is 0 Å². The molecule has 0 amide bonds. The van der Waals surface area contributed by atoms with Crippen molar-refractivity contribution in [3.8, 4) is 11.4 Å². The maximum Gasteiger partial charge on any atom is 0.225 e. The number of nitrogens with two attached hydrogens (primary N) is 2. The van der Waals surface area contributed by atoms with Gasteiger partial charge in [0.2, 0.25) is 11.9 Å². The SMILES string of the molecule is Cc1ccc(-c2nc(C)cn2CCc2nc(N)nc(N)n2)cc1. The van der Waals surface area contributed by atoms with Crippen LogP contribution >= 0.6 is 0 Å². The second-order valence-corrected chi connectivity index (χ2v) is 5.48. The number of aryl methyl sites for hydroxylation is 4. The van der Waals surface area contributed by atoms with E-state index < -0.39 is 0 Å². The zero-order valence-electron chi connectivity index (χ0n) is 13.2. The Hall–Kier alpha value is -2.96. The van der Waals surface area contributed by atoms with Crippen molar-refractivity contribution in [1.29, 1.82) is 0 Å². The van der Waals surface area contributed by atoms with Crippen LogP contribution in [0.4, 0.5) is 11.9 Å². The fourth-order valence-corrected chi connectivity index (χ4v) is 2.44. The molecular weight excluding hydrogens is 290 g/mol. The van der Waals surface area contributed by atoms with Gasteiger partial charge < -0.3 is 16.0 Å². The summed E-state index contributed by atoms with van der Waals surface area (Å²) in [5, 5.41) is 0. The number of rotatable bonds is 4. The van der Waals surface area contributed by atoms with E-state index in [0.29, 0.717) is 18.8 Å². The molecule has 0 aliphatic rings. The summed E-state index contributed by atoms with van der Waals surface area (Å²) in [7, 11) is 0. The van der Waals surface area contributed by atoms with E-state index in [4.69, 9.17) is 11.5 Å². The second kappa shape index (κ2) is 6.04. The molecule has 23 heavy (non-hydrogen) atoms. The molecule has 7 heteroatoms. The van der Waals surface area contributed by atoms with Gasteiger partial charge in [-0.3, -0.25) is 0 Å². The highest BCUT2D eigenvalue weighted by Gasteiger charge is 2.10. The van der Waals surface area contributed by atoms with E-state index in [-0.39, 0.29) is 11.9 Å². The van der Waals surface area contributed by atoms with Crippen LogP contribution in [-0.4, -0.2) is 24.5 Å². The van der Waals surface area contributed by atoms with Gasteiger partial charge in [-0.15, -0.1) is 0 Å². The molecule has 0 aliphatic carbocycles. The van der Waals surface area contributed by atoms with Gasteiger partial charge in [-0.2, -0.15) is 15.0 Å². The third-order valence-electron chi connectivity index (χ3n) is 3.50. The molecule has 0 spiro atoms. The van der Waals surface area contributed by atoms with Gasteiger partial charge in [0.1, 0.15) is 11.6 Å². The number of benzene rings is 1. The van der Waals surface area contributed by atoms with Gasteiger partial charge in [0.25, 0.3) is 0 Å². The van der Waals surface area contributed by atoms with Crippen molar-refractivity contribution in [1.82, 2.24) is 24.5 Å². The summed E-state index contributed by atoms with van der Waals surface area (Å²) in [6.07, 6.45) is 2.62. The summed E-state index contributed by atoms with van der Waals surface area (Å²) in [5.74, 6) is 1.80. The lowest BCUT2D eigenvalue weighted by Crippen LogP contribution is -2.10. The summed E-state index contributed by atoms with van der Waals surface area (Å²) in [5.41, 5.74) is 14.5. The van der Waals surface area contributed by atoms with Gasteiger partial charge in [0.05, 0.1) is 5.69 Å². The molecule has 2 heterocycles. The quantitative estimate of drug-likeness (QED) is 0.760. The Kier molecular flexibility index (Phi) is 3.92. The fourth-order valence-electron chi connectivity index (χ4n) is 2.44. The van der Waals surface area contributed by atoms with Gasteiger partial charge in [0, 0.05) is 24.7 Å². The van der Waals surface area contributed by atoms with Crippen LogP contribution in [0.3, 0.4) is 0 Å². The van der Waals surface area contributed by atoms with Crippen molar-refractivity contribution >= 4 is 11.9 Å². The van der Waals surface area contributed by atoms with Crippen molar-refractivity contribution in [2.45, 2.75) is 26.8 Å². The first-order valence-corrected chi connectivity index (χ1v) is 7.38. The topological polar surface area (TPSA) is 109 Å². The predicted octanol–water partition coefficient (Wildman–Crippen LogP) is 1.76. The minimum absolute atomic E-state index is 0.146. The third-order valence-corrected chi connectivity index (χ3v) is 3.50. The number of nitrogen functional groups attached to an aromatic ring is 2. The zero-order chi connectivity index (χ0) is 16.4. The van der Waals surface area contributed by atoms with Crippen LogP contribution in [0.5, 0.6) is 0 Å².